The monoisotopic (exact) mass is 341 g/mol. The molecule has 0 radical (unpaired) electrons. The van der Waals surface area contributed by atoms with E-state index in [4.69, 9.17) is 4.74 Å². The molecular formula is C16H21F2N3O3. The number of alkyl halides is 2. The Morgan fingerprint density at radius 2 is 2.33 bits per heavy atom. The van der Waals surface area contributed by atoms with Gasteiger partial charge in [0.05, 0.1) is 13.2 Å². The Kier molecular flexibility index (Phi) is 5.60. The van der Waals surface area contributed by atoms with Gasteiger partial charge in [-0.05, 0) is 24.1 Å². The van der Waals surface area contributed by atoms with Crippen LogP contribution in [0, 0.1) is 0 Å². The molecule has 2 unspecified atom stereocenters. The second-order valence-corrected chi connectivity index (χ2v) is 5.91. The summed E-state index contributed by atoms with van der Waals surface area (Å²) < 4.78 is 34.8. The Hall–Kier alpha value is -1.77. The molecule has 0 spiro atoms. The van der Waals surface area contributed by atoms with E-state index in [2.05, 4.69) is 15.6 Å². The number of carbonyl (C=O) groups is 1. The van der Waals surface area contributed by atoms with Crippen molar-refractivity contribution in [1.82, 2.24) is 15.8 Å². The molecule has 2 aliphatic rings. The third kappa shape index (κ3) is 4.40. The Labute approximate surface area is 139 Å². The van der Waals surface area contributed by atoms with Crippen LogP contribution in [-0.4, -0.2) is 49.7 Å². The number of hydrogen-bond acceptors (Lipinski definition) is 5. The predicted octanol–water partition coefficient (Wildman–Crippen LogP) is 1.44. The van der Waals surface area contributed by atoms with E-state index in [-0.39, 0.29) is 23.8 Å². The van der Waals surface area contributed by atoms with Gasteiger partial charge < -0.3 is 14.4 Å². The van der Waals surface area contributed by atoms with Crippen molar-refractivity contribution in [3.05, 3.63) is 29.8 Å². The number of nitrogens with zero attached hydrogens (tertiary/aromatic N) is 1. The van der Waals surface area contributed by atoms with Crippen molar-refractivity contribution in [1.29, 1.82) is 0 Å². The SMILES string of the molecule is O=C(CC1CCNN1)N1CCOC(c2cccc(OC(F)F)c2)C1. The third-order valence-electron chi connectivity index (χ3n) is 4.22. The smallest absolute Gasteiger partial charge is 0.387 e. The van der Waals surface area contributed by atoms with Crippen LogP contribution in [0.25, 0.3) is 0 Å². The van der Waals surface area contributed by atoms with E-state index in [1.807, 2.05) is 0 Å². The molecule has 2 atom stereocenters. The van der Waals surface area contributed by atoms with Crippen LogP contribution in [0.4, 0.5) is 8.78 Å². The van der Waals surface area contributed by atoms with E-state index < -0.39 is 6.61 Å². The van der Waals surface area contributed by atoms with Crippen molar-refractivity contribution in [3.8, 4) is 5.75 Å². The minimum atomic E-state index is -2.86. The number of nitrogens with one attached hydrogen (secondary N) is 2. The lowest BCUT2D eigenvalue weighted by Gasteiger charge is -2.34. The van der Waals surface area contributed by atoms with Crippen molar-refractivity contribution in [2.24, 2.45) is 0 Å². The molecule has 8 heteroatoms. The molecule has 2 N–H and O–H groups in total. The lowest BCUT2D eigenvalue weighted by Crippen LogP contribution is -2.44. The highest BCUT2D eigenvalue weighted by atomic mass is 19.3. The zero-order valence-corrected chi connectivity index (χ0v) is 13.2. The molecule has 0 aliphatic carbocycles. The number of rotatable bonds is 5. The first-order chi connectivity index (χ1) is 11.6. The fourth-order valence-electron chi connectivity index (χ4n) is 3.00. The standard InChI is InChI=1S/C16H21F2N3O3/c17-16(18)24-13-3-1-2-11(8-13)14-10-21(6-7-23-14)15(22)9-12-4-5-19-20-12/h1-3,8,12,14,16,19-20H,4-7,9-10H2. The second-order valence-electron chi connectivity index (χ2n) is 5.91. The molecule has 2 saturated heterocycles. The quantitative estimate of drug-likeness (QED) is 0.849. The average molecular weight is 341 g/mol. The number of benzene rings is 1. The van der Waals surface area contributed by atoms with Crippen molar-refractivity contribution < 1.29 is 23.0 Å². The molecule has 0 aromatic heterocycles. The summed E-state index contributed by atoms with van der Waals surface area (Å²) in [5.74, 6) is 0.167. The van der Waals surface area contributed by atoms with Gasteiger partial charge in [0.2, 0.25) is 5.91 Å². The van der Waals surface area contributed by atoms with Gasteiger partial charge in [-0.15, -0.1) is 0 Å². The van der Waals surface area contributed by atoms with E-state index in [1.54, 1.807) is 17.0 Å². The fourth-order valence-corrected chi connectivity index (χ4v) is 3.00. The molecule has 6 nitrogen and oxygen atoms in total. The molecule has 1 amide bonds. The topological polar surface area (TPSA) is 62.8 Å². The summed E-state index contributed by atoms with van der Waals surface area (Å²) in [5.41, 5.74) is 6.82. The Balaban J connectivity index is 1.61. The lowest BCUT2D eigenvalue weighted by atomic mass is 10.1. The highest BCUT2D eigenvalue weighted by molar-refractivity contribution is 5.77. The molecule has 132 valence electrons. The zero-order chi connectivity index (χ0) is 16.9. The minimum Gasteiger partial charge on any atom is -0.435 e. The minimum absolute atomic E-state index is 0.0736. The summed E-state index contributed by atoms with van der Waals surface area (Å²) in [6.07, 6.45) is 1.03. The Bertz CT molecular complexity index is 567. The second kappa shape index (κ2) is 7.87. The molecule has 24 heavy (non-hydrogen) atoms. The van der Waals surface area contributed by atoms with Crippen molar-refractivity contribution in [2.45, 2.75) is 31.6 Å². The van der Waals surface area contributed by atoms with Gasteiger partial charge >= 0.3 is 6.61 Å². The zero-order valence-electron chi connectivity index (χ0n) is 13.2. The molecule has 1 aromatic carbocycles. The third-order valence-corrected chi connectivity index (χ3v) is 4.22. The normalized spacial score (nSPS) is 24.4. The molecule has 2 heterocycles. The summed E-state index contributed by atoms with van der Waals surface area (Å²) in [7, 11) is 0. The van der Waals surface area contributed by atoms with E-state index in [1.165, 1.54) is 12.1 Å². The predicted molar refractivity (Wildman–Crippen MR) is 82.5 cm³/mol. The first kappa shape index (κ1) is 17.1. The molecule has 0 bridgehead atoms. The van der Waals surface area contributed by atoms with E-state index in [9.17, 15) is 13.6 Å². The van der Waals surface area contributed by atoms with Crippen LogP contribution in [0.5, 0.6) is 5.75 Å². The van der Waals surface area contributed by atoms with Crippen LogP contribution in [-0.2, 0) is 9.53 Å². The summed E-state index contributed by atoms with van der Waals surface area (Å²) in [5, 5.41) is 0. The fraction of sp³-hybridized carbons (Fsp3) is 0.562. The van der Waals surface area contributed by atoms with Gasteiger partial charge in [0.25, 0.3) is 0 Å². The van der Waals surface area contributed by atoms with Gasteiger partial charge in [0, 0.05) is 25.6 Å². The van der Waals surface area contributed by atoms with E-state index in [0.29, 0.717) is 26.1 Å². The molecule has 3 rings (SSSR count). The van der Waals surface area contributed by atoms with Gasteiger partial charge in [-0.1, -0.05) is 12.1 Å². The van der Waals surface area contributed by atoms with E-state index >= 15 is 0 Å². The number of carbonyl (C=O) groups excluding carboxylic acids is 1. The number of morpholine rings is 1. The van der Waals surface area contributed by atoms with E-state index in [0.717, 1.165) is 18.5 Å². The highest BCUT2D eigenvalue weighted by Crippen LogP contribution is 2.26. The lowest BCUT2D eigenvalue weighted by molar-refractivity contribution is -0.139. The maximum atomic E-state index is 12.4. The number of ether oxygens (including phenoxy) is 2. The van der Waals surface area contributed by atoms with Crippen LogP contribution in [0.3, 0.4) is 0 Å². The Morgan fingerprint density at radius 3 is 3.08 bits per heavy atom. The van der Waals surface area contributed by atoms with Crippen LogP contribution in [0.1, 0.15) is 24.5 Å². The first-order valence-electron chi connectivity index (χ1n) is 8.04. The molecule has 1 aromatic rings. The maximum Gasteiger partial charge on any atom is 0.387 e. The summed E-state index contributed by atoms with van der Waals surface area (Å²) >= 11 is 0. The molecule has 2 fully saturated rings. The number of halogens is 2. The molecule has 2 aliphatic heterocycles. The van der Waals surface area contributed by atoms with Crippen LogP contribution in [0.15, 0.2) is 24.3 Å². The van der Waals surface area contributed by atoms with Gasteiger partial charge in [0.1, 0.15) is 11.9 Å². The van der Waals surface area contributed by atoms with Gasteiger partial charge in [-0.3, -0.25) is 15.6 Å². The van der Waals surface area contributed by atoms with Gasteiger partial charge in [-0.2, -0.15) is 8.78 Å². The number of hydrogen-bond donors (Lipinski definition) is 2. The van der Waals surface area contributed by atoms with Crippen molar-refractivity contribution in [3.63, 3.8) is 0 Å². The van der Waals surface area contributed by atoms with Crippen molar-refractivity contribution >= 4 is 5.91 Å². The van der Waals surface area contributed by atoms with Crippen LogP contribution < -0.4 is 15.6 Å². The maximum absolute atomic E-state index is 12.4. The first-order valence-corrected chi connectivity index (χ1v) is 8.04. The largest absolute Gasteiger partial charge is 0.435 e. The van der Waals surface area contributed by atoms with Gasteiger partial charge in [0.15, 0.2) is 0 Å². The number of amides is 1. The van der Waals surface area contributed by atoms with Crippen molar-refractivity contribution in [2.75, 3.05) is 26.2 Å². The Morgan fingerprint density at radius 1 is 1.46 bits per heavy atom. The highest BCUT2D eigenvalue weighted by Gasteiger charge is 2.28. The summed E-state index contributed by atoms with van der Waals surface area (Å²) in [6.45, 7) is -0.620. The summed E-state index contributed by atoms with van der Waals surface area (Å²) in [4.78, 5) is 14.2. The molecule has 0 saturated carbocycles. The van der Waals surface area contributed by atoms with Crippen LogP contribution >= 0.6 is 0 Å². The molecular weight excluding hydrogens is 320 g/mol. The van der Waals surface area contributed by atoms with Gasteiger partial charge in [-0.25, -0.2) is 0 Å². The summed E-state index contributed by atoms with van der Waals surface area (Å²) in [6, 6.07) is 6.60. The van der Waals surface area contributed by atoms with Crippen LogP contribution in [0.2, 0.25) is 0 Å². The average Bonchev–Trinajstić information content (AvgIpc) is 3.07. The number of hydrazine groups is 1.